The molecule has 0 aliphatic carbocycles. The Morgan fingerprint density at radius 1 is 1.63 bits per heavy atom. The highest BCUT2D eigenvalue weighted by molar-refractivity contribution is 5.46. The third kappa shape index (κ3) is 4.52. The van der Waals surface area contributed by atoms with Crippen molar-refractivity contribution >= 4 is 5.69 Å². The lowest BCUT2D eigenvalue weighted by atomic mass is 10.2. The molecule has 19 heavy (non-hydrogen) atoms. The first-order valence-electron chi connectivity index (χ1n) is 5.78. The van der Waals surface area contributed by atoms with Gasteiger partial charge in [-0.3, -0.25) is 10.1 Å². The molecule has 0 bridgehead atoms. The van der Waals surface area contributed by atoms with Gasteiger partial charge in [0.15, 0.2) is 5.75 Å². The Labute approximate surface area is 109 Å². The summed E-state index contributed by atoms with van der Waals surface area (Å²) in [4.78, 5) is 10.1. The van der Waals surface area contributed by atoms with Gasteiger partial charge in [-0.05, 0) is 12.6 Å². The smallest absolute Gasteiger partial charge is 0.311 e. The van der Waals surface area contributed by atoms with Crippen molar-refractivity contribution in [1.82, 2.24) is 5.32 Å². The highest BCUT2D eigenvalue weighted by Gasteiger charge is 2.16. The van der Waals surface area contributed by atoms with Crippen molar-refractivity contribution in [2.75, 3.05) is 13.2 Å². The van der Waals surface area contributed by atoms with E-state index in [1.807, 2.05) is 13.0 Å². The Hall–Kier alpha value is -2.20. The van der Waals surface area contributed by atoms with Crippen LogP contribution >= 0.6 is 0 Å². The van der Waals surface area contributed by atoms with E-state index in [9.17, 15) is 14.5 Å². The maximum absolute atomic E-state index is 13.0. The van der Waals surface area contributed by atoms with Crippen LogP contribution in [0.25, 0.3) is 0 Å². The minimum atomic E-state index is -0.638. The summed E-state index contributed by atoms with van der Waals surface area (Å²) in [6.45, 7) is 2.59. The van der Waals surface area contributed by atoms with Gasteiger partial charge in [-0.2, -0.15) is 5.26 Å². The summed E-state index contributed by atoms with van der Waals surface area (Å²) in [5, 5.41) is 22.5. The summed E-state index contributed by atoms with van der Waals surface area (Å²) in [6, 6.07) is 4.67. The van der Waals surface area contributed by atoms with Gasteiger partial charge in [0.1, 0.15) is 5.82 Å². The molecule has 0 amide bonds. The number of ether oxygens (including phenoxy) is 1. The molecule has 1 atom stereocenters. The van der Waals surface area contributed by atoms with E-state index < -0.39 is 16.8 Å². The fourth-order valence-electron chi connectivity index (χ4n) is 1.50. The highest BCUT2D eigenvalue weighted by atomic mass is 19.1. The van der Waals surface area contributed by atoms with Crippen molar-refractivity contribution in [1.29, 1.82) is 5.26 Å². The topological polar surface area (TPSA) is 88.2 Å². The number of hydrogen-bond donors (Lipinski definition) is 1. The van der Waals surface area contributed by atoms with E-state index in [0.717, 1.165) is 18.2 Å². The maximum atomic E-state index is 13.0. The van der Waals surface area contributed by atoms with Crippen LogP contribution in [-0.4, -0.2) is 24.1 Å². The summed E-state index contributed by atoms with van der Waals surface area (Å²) < 4.78 is 18.2. The van der Waals surface area contributed by atoms with Crippen LogP contribution in [0.3, 0.4) is 0 Å². The first-order valence-corrected chi connectivity index (χ1v) is 5.78. The zero-order valence-electron chi connectivity index (χ0n) is 10.4. The summed E-state index contributed by atoms with van der Waals surface area (Å²) in [7, 11) is 0. The second kappa shape index (κ2) is 7.28. The molecular formula is C12H14FN3O3. The summed E-state index contributed by atoms with van der Waals surface area (Å²) in [5.74, 6) is -0.734. The molecule has 0 heterocycles. The van der Waals surface area contributed by atoms with E-state index >= 15 is 0 Å². The first-order chi connectivity index (χ1) is 9.08. The number of nitro groups is 1. The fraction of sp³-hybridized carbons (Fsp3) is 0.417. The molecular weight excluding hydrogens is 253 g/mol. The van der Waals surface area contributed by atoms with Gasteiger partial charge in [0.25, 0.3) is 0 Å². The molecule has 1 aromatic carbocycles. The van der Waals surface area contributed by atoms with Crippen LogP contribution in [0.2, 0.25) is 0 Å². The van der Waals surface area contributed by atoms with Gasteiger partial charge >= 0.3 is 5.69 Å². The zero-order chi connectivity index (χ0) is 14.3. The fourth-order valence-corrected chi connectivity index (χ4v) is 1.50. The third-order valence-corrected chi connectivity index (χ3v) is 2.39. The molecule has 6 nitrogen and oxygen atoms in total. The number of halogens is 1. The van der Waals surface area contributed by atoms with Gasteiger partial charge in [0.05, 0.1) is 23.6 Å². The van der Waals surface area contributed by atoms with Crippen molar-refractivity contribution in [2.45, 2.75) is 19.4 Å². The predicted octanol–water partition coefficient (Wildman–Crippen LogP) is 2.00. The number of nitrogens with zero attached hydrogens (tertiary/aromatic N) is 2. The molecule has 0 saturated carbocycles. The lowest BCUT2D eigenvalue weighted by molar-refractivity contribution is -0.385. The Balaban J connectivity index is 2.64. The molecule has 102 valence electrons. The molecule has 0 spiro atoms. The first kappa shape index (κ1) is 14.9. The molecule has 1 unspecified atom stereocenters. The van der Waals surface area contributed by atoms with E-state index in [1.165, 1.54) is 0 Å². The van der Waals surface area contributed by atoms with Crippen molar-refractivity contribution in [2.24, 2.45) is 0 Å². The Bertz CT molecular complexity index is 488. The minimum Gasteiger partial charge on any atom is -0.487 e. The normalized spacial score (nSPS) is 11.6. The lowest BCUT2D eigenvalue weighted by Gasteiger charge is -2.11. The molecule has 0 aromatic heterocycles. The number of nitrogens with one attached hydrogen (secondary N) is 1. The Kier molecular flexibility index (Phi) is 5.70. The second-order valence-corrected chi connectivity index (χ2v) is 3.75. The molecule has 0 aliphatic heterocycles. The highest BCUT2D eigenvalue weighted by Crippen LogP contribution is 2.27. The Morgan fingerprint density at radius 2 is 2.37 bits per heavy atom. The van der Waals surface area contributed by atoms with Gasteiger partial charge < -0.3 is 10.1 Å². The average molecular weight is 267 g/mol. The van der Waals surface area contributed by atoms with Gasteiger partial charge in [-0.15, -0.1) is 0 Å². The molecule has 1 rings (SSSR count). The van der Waals surface area contributed by atoms with Crippen molar-refractivity contribution in [3.8, 4) is 11.8 Å². The zero-order valence-corrected chi connectivity index (χ0v) is 10.4. The van der Waals surface area contributed by atoms with Crippen LogP contribution in [0, 0.1) is 27.3 Å². The Morgan fingerprint density at radius 3 is 2.95 bits per heavy atom. The van der Waals surface area contributed by atoms with Crippen LogP contribution in [-0.2, 0) is 0 Å². The molecule has 0 fully saturated rings. The SMILES string of the molecule is CCNC(C#N)CCOc1cc(F)ccc1[N+](=O)[O-]. The number of hydrogen-bond acceptors (Lipinski definition) is 5. The molecule has 0 radical (unpaired) electrons. The van der Waals surface area contributed by atoms with Gasteiger partial charge in [0, 0.05) is 18.6 Å². The summed E-state index contributed by atoms with van der Waals surface area (Å²) >= 11 is 0. The number of nitro benzene ring substituents is 1. The average Bonchev–Trinajstić information content (AvgIpc) is 2.37. The van der Waals surface area contributed by atoms with Gasteiger partial charge in [-0.25, -0.2) is 4.39 Å². The number of rotatable bonds is 7. The summed E-state index contributed by atoms with van der Waals surface area (Å²) in [6.07, 6.45) is 0.359. The van der Waals surface area contributed by atoms with Crippen LogP contribution in [0.15, 0.2) is 18.2 Å². The largest absolute Gasteiger partial charge is 0.487 e. The minimum absolute atomic E-state index is 0.0928. The van der Waals surface area contributed by atoms with Gasteiger partial charge in [0.2, 0.25) is 0 Å². The molecule has 0 saturated heterocycles. The predicted molar refractivity (Wildman–Crippen MR) is 66.2 cm³/mol. The lowest BCUT2D eigenvalue weighted by Crippen LogP contribution is -2.28. The number of benzene rings is 1. The summed E-state index contributed by atoms with van der Waals surface area (Å²) in [5.41, 5.74) is -0.293. The van der Waals surface area contributed by atoms with Crippen LogP contribution < -0.4 is 10.1 Å². The molecule has 0 aliphatic rings. The standard InChI is InChI=1S/C12H14FN3O3/c1-2-15-10(8-14)5-6-19-12-7-9(13)3-4-11(12)16(17)18/h3-4,7,10,15H,2,5-6H2,1H3. The second-order valence-electron chi connectivity index (χ2n) is 3.75. The molecule has 1 N–H and O–H groups in total. The molecule has 1 aromatic rings. The maximum Gasteiger partial charge on any atom is 0.311 e. The monoisotopic (exact) mass is 267 g/mol. The van der Waals surface area contributed by atoms with Crippen LogP contribution in [0.4, 0.5) is 10.1 Å². The van der Waals surface area contributed by atoms with Crippen molar-refractivity contribution in [3.63, 3.8) is 0 Å². The van der Waals surface area contributed by atoms with Gasteiger partial charge in [-0.1, -0.05) is 6.92 Å². The van der Waals surface area contributed by atoms with E-state index in [2.05, 4.69) is 5.32 Å². The quantitative estimate of drug-likeness (QED) is 0.603. The van der Waals surface area contributed by atoms with Crippen molar-refractivity contribution in [3.05, 3.63) is 34.1 Å². The van der Waals surface area contributed by atoms with Crippen LogP contribution in [0.1, 0.15) is 13.3 Å². The third-order valence-electron chi connectivity index (χ3n) is 2.39. The van der Waals surface area contributed by atoms with E-state index in [4.69, 9.17) is 10.00 Å². The van der Waals surface area contributed by atoms with E-state index in [-0.39, 0.29) is 18.0 Å². The van der Waals surface area contributed by atoms with Crippen LogP contribution in [0.5, 0.6) is 5.75 Å². The van der Waals surface area contributed by atoms with Crippen molar-refractivity contribution < 1.29 is 14.1 Å². The van der Waals surface area contributed by atoms with E-state index in [1.54, 1.807) is 0 Å². The number of nitriles is 1. The molecule has 7 heteroatoms. The van der Waals surface area contributed by atoms with E-state index in [0.29, 0.717) is 13.0 Å².